The van der Waals surface area contributed by atoms with Crippen LogP contribution in [-0.2, 0) is 5.41 Å². The average Bonchev–Trinajstić information content (AvgIpc) is 3.02. The van der Waals surface area contributed by atoms with Gasteiger partial charge in [-0.15, -0.1) is 0 Å². The Hall–Kier alpha value is -2.82. The zero-order valence-corrected chi connectivity index (χ0v) is 20.0. The number of rotatable bonds is 5. The van der Waals surface area contributed by atoms with Gasteiger partial charge < -0.3 is 15.6 Å². The fraction of sp³-hybridized carbons (Fsp3) is 0.321. The Balaban J connectivity index is 1.55. The van der Waals surface area contributed by atoms with Crippen molar-refractivity contribution in [1.29, 1.82) is 0 Å². The lowest BCUT2D eigenvalue weighted by molar-refractivity contribution is -0.437. The molecule has 5 heteroatoms. The van der Waals surface area contributed by atoms with E-state index >= 15 is 0 Å². The predicted octanol–water partition coefficient (Wildman–Crippen LogP) is 6.24. The highest BCUT2D eigenvalue weighted by molar-refractivity contribution is 6.32. The van der Waals surface area contributed by atoms with Gasteiger partial charge >= 0.3 is 0 Å². The summed E-state index contributed by atoms with van der Waals surface area (Å²) >= 11 is 6.11. The van der Waals surface area contributed by atoms with E-state index in [1.807, 2.05) is 0 Å². The summed E-state index contributed by atoms with van der Waals surface area (Å²) in [6.07, 6.45) is 10.6. The Bertz CT molecular complexity index is 1250. The minimum Gasteiger partial charge on any atom is -0.506 e. The summed E-state index contributed by atoms with van der Waals surface area (Å²) in [5, 5.41) is 10.4. The Morgan fingerprint density at radius 2 is 2.00 bits per heavy atom. The molecule has 5 rings (SSSR count). The molecule has 0 aromatic heterocycles. The zero-order chi connectivity index (χ0) is 23.2. The summed E-state index contributed by atoms with van der Waals surface area (Å²) in [6.45, 7) is 6.15. The quantitative estimate of drug-likeness (QED) is 0.518. The predicted molar refractivity (Wildman–Crippen MR) is 135 cm³/mol. The topological polar surface area (TPSA) is 58.5 Å². The maximum absolute atomic E-state index is 10.0. The number of nitrogens with two attached hydrogens (primary N) is 1. The van der Waals surface area contributed by atoms with Gasteiger partial charge in [-0.25, -0.2) is 0 Å². The van der Waals surface area contributed by atoms with Crippen molar-refractivity contribution in [3.05, 3.63) is 81.6 Å². The Morgan fingerprint density at radius 3 is 2.82 bits per heavy atom. The van der Waals surface area contributed by atoms with Crippen molar-refractivity contribution >= 4 is 29.1 Å². The molecule has 170 valence electrons. The molecule has 0 unspecified atom stereocenters. The lowest BCUT2D eigenvalue weighted by Crippen LogP contribution is -2.28. The molecule has 2 aromatic rings. The first kappa shape index (κ1) is 22.0. The number of benzene rings is 2. The van der Waals surface area contributed by atoms with Crippen LogP contribution < -0.4 is 10.5 Å². The van der Waals surface area contributed by atoms with E-state index < -0.39 is 0 Å². The Morgan fingerprint density at radius 1 is 1.18 bits per heavy atom. The fourth-order valence-corrected chi connectivity index (χ4v) is 5.37. The number of para-hydroxylation sites is 1. The van der Waals surface area contributed by atoms with Crippen molar-refractivity contribution < 1.29 is 14.4 Å². The summed E-state index contributed by atoms with van der Waals surface area (Å²) in [6, 6.07) is 12.0. The van der Waals surface area contributed by atoms with E-state index in [0.717, 1.165) is 43.6 Å². The number of phenols is 1. The zero-order valence-electron chi connectivity index (χ0n) is 19.2. The van der Waals surface area contributed by atoms with Crippen LogP contribution in [0.25, 0.3) is 6.08 Å². The van der Waals surface area contributed by atoms with Crippen LogP contribution in [0.1, 0.15) is 50.7 Å². The van der Waals surface area contributed by atoms with Crippen molar-refractivity contribution in [3.8, 4) is 11.5 Å². The number of allylic oxidation sites excluding steroid dienone is 4. The van der Waals surface area contributed by atoms with Gasteiger partial charge in [-0.3, -0.25) is 0 Å². The largest absolute Gasteiger partial charge is 0.506 e. The number of hydrogen-bond donors (Lipinski definition) is 2. The minimum atomic E-state index is -0.0944. The number of phenolic OH excluding ortho intramolecular Hbond substituents is 1. The molecule has 0 saturated heterocycles. The first-order valence-electron chi connectivity index (χ1n) is 11.7. The number of ether oxygens (including phenoxy) is 1. The van der Waals surface area contributed by atoms with Crippen molar-refractivity contribution in [2.45, 2.75) is 44.9 Å². The summed E-state index contributed by atoms with van der Waals surface area (Å²) in [7, 11) is 0. The molecule has 2 aliphatic heterocycles. The van der Waals surface area contributed by atoms with E-state index in [1.54, 1.807) is 12.1 Å². The van der Waals surface area contributed by atoms with Gasteiger partial charge in [0.15, 0.2) is 12.3 Å². The molecule has 33 heavy (non-hydrogen) atoms. The number of aromatic hydroxyl groups is 1. The van der Waals surface area contributed by atoms with Gasteiger partial charge in [0.05, 0.1) is 10.4 Å². The molecule has 0 spiro atoms. The summed E-state index contributed by atoms with van der Waals surface area (Å²) in [5.74, 6) is 1.60. The second-order valence-electron chi connectivity index (χ2n) is 9.48. The lowest BCUT2D eigenvalue weighted by Gasteiger charge is -2.26. The lowest BCUT2D eigenvalue weighted by atomic mass is 9.81. The van der Waals surface area contributed by atoms with Crippen LogP contribution >= 0.6 is 11.6 Å². The minimum absolute atomic E-state index is 0.0392. The molecule has 3 aliphatic rings. The van der Waals surface area contributed by atoms with E-state index in [9.17, 15) is 5.11 Å². The van der Waals surface area contributed by atoms with E-state index in [-0.39, 0.29) is 11.2 Å². The number of nitrogens with zero attached hydrogens (tertiary/aromatic N) is 1. The van der Waals surface area contributed by atoms with Crippen LogP contribution in [-0.4, -0.2) is 28.5 Å². The van der Waals surface area contributed by atoms with Gasteiger partial charge in [-0.1, -0.05) is 29.8 Å². The van der Waals surface area contributed by atoms with E-state index in [1.165, 1.54) is 28.1 Å². The van der Waals surface area contributed by atoms with Crippen molar-refractivity contribution in [2.24, 2.45) is 5.73 Å². The molecule has 3 N–H and O–H groups in total. The maximum Gasteiger partial charge on any atom is 0.209 e. The average molecular weight is 462 g/mol. The van der Waals surface area contributed by atoms with E-state index in [4.69, 9.17) is 22.1 Å². The summed E-state index contributed by atoms with van der Waals surface area (Å²) in [4.78, 5) is 0. The smallest absolute Gasteiger partial charge is 0.209 e. The molecule has 4 nitrogen and oxygen atoms in total. The Kier molecular flexibility index (Phi) is 5.67. The standard InChI is InChI=1S/C28H29ClN2O2/c1-28(2)21-9-3-4-10-23(21)31(14-6-13-30)26(28)12-11-18-7-5-8-19-15-20-16-22(29)24(32)17-25(20)33-27(18)19/h3-4,9-12,15-17H,5-8,13-14,30H2,1-2H3/p+1. The third kappa shape index (κ3) is 3.81. The fourth-order valence-electron chi connectivity index (χ4n) is 5.20. The van der Waals surface area contributed by atoms with Crippen molar-refractivity contribution in [3.63, 3.8) is 0 Å². The monoisotopic (exact) mass is 461 g/mol. The van der Waals surface area contributed by atoms with Crippen LogP contribution in [0.15, 0.2) is 65.5 Å². The molecule has 0 radical (unpaired) electrons. The third-order valence-corrected chi connectivity index (χ3v) is 7.23. The van der Waals surface area contributed by atoms with Crippen molar-refractivity contribution in [1.82, 2.24) is 0 Å². The first-order chi connectivity index (χ1) is 15.9. The first-order valence-corrected chi connectivity index (χ1v) is 12.0. The van der Waals surface area contributed by atoms with Gasteiger partial charge in [-0.05, 0) is 69.0 Å². The molecule has 0 saturated carbocycles. The molecule has 0 atom stereocenters. The number of hydrogen-bond acceptors (Lipinski definition) is 3. The van der Waals surface area contributed by atoms with Gasteiger partial charge in [0.1, 0.15) is 17.3 Å². The van der Waals surface area contributed by atoms with Gasteiger partial charge in [0.25, 0.3) is 0 Å². The third-order valence-electron chi connectivity index (χ3n) is 6.92. The summed E-state index contributed by atoms with van der Waals surface area (Å²) in [5.41, 5.74) is 12.9. The SMILES string of the molecule is CC1(C)C(/C=C/C2=C3Oc4cc(O)c(Cl)cc4C=C3CCC2)=[N+](CCCN)c2ccccc21. The van der Waals surface area contributed by atoms with Crippen LogP contribution in [0.4, 0.5) is 5.69 Å². The highest BCUT2D eigenvalue weighted by Crippen LogP contribution is 2.43. The van der Waals surface area contributed by atoms with Crippen LogP contribution in [0.2, 0.25) is 5.02 Å². The molecule has 0 fully saturated rings. The highest BCUT2D eigenvalue weighted by Gasteiger charge is 2.43. The molecule has 0 bridgehead atoms. The van der Waals surface area contributed by atoms with E-state index in [0.29, 0.717) is 17.3 Å². The molecular formula is C28H30ClN2O2+. The van der Waals surface area contributed by atoms with Gasteiger partial charge in [0.2, 0.25) is 5.69 Å². The van der Waals surface area contributed by atoms with E-state index in [2.05, 4.69) is 60.9 Å². The molecule has 2 heterocycles. The van der Waals surface area contributed by atoms with Crippen molar-refractivity contribution in [2.75, 3.05) is 13.1 Å². The molecular weight excluding hydrogens is 432 g/mol. The van der Waals surface area contributed by atoms with Crippen LogP contribution in [0.5, 0.6) is 11.5 Å². The van der Waals surface area contributed by atoms with Crippen LogP contribution in [0.3, 0.4) is 0 Å². The normalized spacial score (nSPS) is 18.7. The highest BCUT2D eigenvalue weighted by atomic mass is 35.5. The Labute approximate surface area is 200 Å². The van der Waals surface area contributed by atoms with Gasteiger partial charge in [-0.2, -0.15) is 4.58 Å². The van der Waals surface area contributed by atoms with Gasteiger partial charge in [0, 0.05) is 35.8 Å². The summed E-state index contributed by atoms with van der Waals surface area (Å²) < 4.78 is 8.72. The second kappa shape index (κ2) is 8.51. The molecule has 0 amide bonds. The maximum atomic E-state index is 10.0. The van der Waals surface area contributed by atoms with Crippen LogP contribution in [0, 0.1) is 0 Å². The number of halogens is 1. The second-order valence-corrected chi connectivity index (χ2v) is 9.88. The molecule has 1 aliphatic carbocycles. The molecule has 2 aromatic carbocycles. The number of fused-ring (bicyclic) bond motifs is 3.